The summed E-state index contributed by atoms with van der Waals surface area (Å²) >= 11 is 0. The maximum atomic E-state index is 12.5. The number of hydrogen-bond acceptors (Lipinski definition) is 1. The molecule has 0 fully saturated rings. The van der Waals surface area contributed by atoms with Crippen LogP contribution in [-0.4, -0.2) is 9.55 Å². The third kappa shape index (κ3) is 2.07. The highest BCUT2D eigenvalue weighted by Gasteiger charge is 2.30. The van der Waals surface area contributed by atoms with Crippen LogP contribution < -0.4 is 0 Å². The van der Waals surface area contributed by atoms with Gasteiger partial charge >= 0.3 is 6.18 Å². The normalized spacial score (nSPS) is 11.9. The smallest absolute Gasteiger partial charge is 0.299 e. The molecule has 19 heavy (non-hydrogen) atoms. The van der Waals surface area contributed by atoms with Gasteiger partial charge in [-0.05, 0) is 42.5 Å². The summed E-state index contributed by atoms with van der Waals surface area (Å²) in [5.74, 6) is 0. The Morgan fingerprint density at radius 1 is 1.05 bits per heavy atom. The molecule has 0 unspecified atom stereocenters. The third-order valence-electron chi connectivity index (χ3n) is 2.86. The quantitative estimate of drug-likeness (QED) is 0.650. The Kier molecular flexibility index (Phi) is 2.55. The van der Waals surface area contributed by atoms with E-state index in [1.54, 1.807) is 23.0 Å². The molecular formula is C14H8F3N2. The maximum absolute atomic E-state index is 12.5. The number of rotatable bonds is 1. The lowest BCUT2D eigenvalue weighted by molar-refractivity contribution is -0.137. The number of aromatic nitrogens is 2. The van der Waals surface area contributed by atoms with Crippen LogP contribution in [0.15, 0.2) is 48.8 Å². The fourth-order valence-corrected chi connectivity index (χ4v) is 1.92. The van der Waals surface area contributed by atoms with E-state index in [-0.39, 0.29) is 0 Å². The lowest BCUT2D eigenvalue weighted by Crippen LogP contribution is -2.04. The highest BCUT2D eigenvalue weighted by atomic mass is 19.4. The van der Waals surface area contributed by atoms with Crippen LogP contribution in [0, 0.1) is 6.07 Å². The van der Waals surface area contributed by atoms with Gasteiger partial charge in [-0.15, -0.1) is 0 Å². The monoisotopic (exact) mass is 261 g/mol. The van der Waals surface area contributed by atoms with E-state index in [4.69, 9.17) is 0 Å². The molecular weight excluding hydrogens is 253 g/mol. The van der Waals surface area contributed by atoms with Gasteiger partial charge in [0.25, 0.3) is 0 Å². The number of fused-ring (bicyclic) bond motifs is 1. The minimum absolute atomic E-state index is 0.640. The summed E-state index contributed by atoms with van der Waals surface area (Å²) in [6.45, 7) is 0. The van der Waals surface area contributed by atoms with Crippen LogP contribution in [-0.2, 0) is 6.18 Å². The molecule has 1 aromatic heterocycles. The highest BCUT2D eigenvalue weighted by Crippen LogP contribution is 2.30. The molecule has 5 heteroatoms. The van der Waals surface area contributed by atoms with Gasteiger partial charge in [0.1, 0.15) is 6.33 Å². The molecule has 3 aromatic rings. The average molecular weight is 261 g/mol. The van der Waals surface area contributed by atoms with Crippen molar-refractivity contribution in [3.05, 3.63) is 60.4 Å². The van der Waals surface area contributed by atoms with E-state index in [9.17, 15) is 13.2 Å². The van der Waals surface area contributed by atoms with Crippen LogP contribution in [0.5, 0.6) is 0 Å². The van der Waals surface area contributed by atoms with Crippen molar-refractivity contribution in [2.75, 3.05) is 0 Å². The zero-order valence-corrected chi connectivity index (χ0v) is 9.65. The summed E-state index contributed by atoms with van der Waals surface area (Å²) in [6, 6.07) is 13.2. The molecule has 0 saturated heterocycles. The number of hydrogen-bond donors (Lipinski definition) is 0. The van der Waals surface area contributed by atoms with E-state index in [1.165, 1.54) is 12.1 Å². The molecule has 0 N–H and O–H groups in total. The highest BCUT2D eigenvalue weighted by molar-refractivity contribution is 5.76. The predicted molar refractivity (Wildman–Crippen MR) is 64.9 cm³/mol. The van der Waals surface area contributed by atoms with Crippen molar-refractivity contribution in [1.82, 2.24) is 9.55 Å². The van der Waals surface area contributed by atoms with Gasteiger partial charge in [-0.2, -0.15) is 13.2 Å². The van der Waals surface area contributed by atoms with Crippen molar-refractivity contribution in [3.63, 3.8) is 0 Å². The summed E-state index contributed by atoms with van der Waals surface area (Å²) in [6.07, 6.45) is -2.73. The maximum Gasteiger partial charge on any atom is 0.416 e. The second-order valence-corrected chi connectivity index (χ2v) is 4.07. The molecule has 95 valence electrons. The van der Waals surface area contributed by atoms with E-state index in [0.717, 1.165) is 23.2 Å². The van der Waals surface area contributed by atoms with Crippen molar-refractivity contribution < 1.29 is 13.2 Å². The van der Waals surface area contributed by atoms with Crippen molar-refractivity contribution >= 4 is 11.0 Å². The summed E-state index contributed by atoms with van der Waals surface area (Å²) in [7, 11) is 0. The Bertz CT molecular complexity index is 711. The van der Waals surface area contributed by atoms with Crippen LogP contribution >= 0.6 is 0 Å². The third-order valence-corrected chi connectivity index (χ3v) is 2.86. The average Bonchev–Trinajstić information content (AvgIpc) is 2.82. The first-order valence-corrected chi connectivity index (χ1v) is 5.56. The Morgan fingerprint density at radius 3 is 2.47 bits per heavy atom. The molecule has 1 heterocycles. The molecule has 2 aromatic carbocycles. The van der Waals surface area contributed by atoms with Gasteiger partial charge in [-0.25, -0.2) is 4.98 Å². The summed E-state index contributed by atoms with van der Waals surface area (Å²) in [5, 5.41) is 0. The fraction of sp³-hybridized carbons (Fsp3) is 0.0714. The van der Waals surface area contributed by atoms with Gasteiger partial charge in [0.2, 0.25) is 0 Å². The minimum atomic E-state index is -4.31. The molecule has 0 atom stereocenters. The predicted octanol–water partition coefficient (Wildman–Crippen LogP) is 3.84. The summed E-state index contributed by atoms with van der Waals surface area (Å²) in [5.41, 5.74) is 1.57. The van der Waals surface area contributed by atoms with E-state index in [1.807, 2.05) is 6.07 Å². The molecule has 0 bridgehead atoms. The zero-order chi connectivity index (χ0) is 13.5. The molecule has 0 aliphatic rings. The second kappa shape index (κ2) is 4.12. The van der Waals surface area contributed by atoms with Gasteiger partial charge in [0, 0.05) is 5.69 Å². The summed E-state index contributed by atoms with van der Waals surface area (Å²) < 4.78 is 39.2. The number of halogens is 3. The van der Waals surface area contributed by atoms with Gasteiger partial charge in [0.05, 0.1) is 16.6 Å². The number of alkyl halides is 3. The largest absolute Gasteiger partial charge is 0.416 e. The number of nitrogens with zero attached hydrogens (tertiary/aromatic N) is 2. The van der Waals surface area contributed by atoms with E-state index in [2.05, 4.69) is 11.1 Å². The SMILES string of the molecule is FC(F)(F)c1ccc(-n2cnc3c[c]ccc32)cc1. The van der Waals surface area contributed by atoms with Crippen molar-refractivity contribution in [2.45, 2.75) is 6.18 Å². The van der Waals surface area contributed by atoms with Gasteiger partial charge < -0.3 is 0 Å². The van der Waals surface area contributed by atoms with Crippen LogP contribution in [0.1, 0.15) is 5.56 Å². The van der Waals surface area contributed by atoms with Crippen LogP contribution in [0.2, 0.25) is 0 Å². The first kappa shape index (κ1) is 11.8. The molecule has 0 spiro atoms. The van der Waals surface area contributed by atoms with Crippen molar-refractivity contribution in [3.8, 4) is 5.69 Å². The van der Waals surface area contributed by atoms with Gasteiger partial charge in [0.15, 0.2) is 0 Å². The van der Waals surface area contributed by atoms with Gasteiger partial charge in [-0.1, -0.05) is 6.07 Å². The van der Waals surface area contributed by atoms with E-state index < -0.39 is 11.7 Å². The molecule has 0 saturated carbocycles. The van der Waals surface area contributed by atoms with Crippen LogP contribution in [0.3, 0.4) is 0 Å². The first-order valence-electron chi connectivity index (χ1n) is 5.56. The molecule has 0 aliphatic heterocycles. The zero-order valence-electron chi connectivity index (χ0n) is 9.65. The van der Waals surface area contributed by atoms with Gasteiger partial charge in [-0.3, -0.25) is 4.57 Å². The minimum Gasteiger partial charge on any atom is -0.299 e. The van der Waals surface area contributed by atoms with Crippen molar-refractivity contribution in [2.24, 2.45) is 0 Å². The molecule has 0 amide bonds. The van der Waals surface area contributed by atoms with E-state index >= 15 is 0 Å². The Labute approximate surface area is 107 Å². The molecule has 2 nitrogen and oxygen atoms in total. The summed E-state index contributed by atoms with van der Waals surface area (Å²) in [4.78, 5) is 4.18. The topological polar surface area (TPSA) is 17.8 Å². The fourth-order valence-electron chi connectivity index (χ4n) is 1.92. The van der Waals surface area contributed by atoms with Crippen LogP contribution in [0.4, 0.5) is 13.2 Å². The van der Waals surface area contributed by atoms with Crippen molar-refractivity contribution in [1.29, 1.82) is 0 Å². The Hall–Kier alpha value is -2.30. The molecule has 0 aliphatic carbocycles. The number of imidazole rings is 1. The van der Waals surface area contributed by atoms with Crippen LogP contribution in [0.25, 0.3) is 16.7 Å². The Morgan fingerprint density at radius 2 is 1.79 bits per heavy atom. The molecule has 1 radical (unpaired) electrons. The second-order valence-electron chi connectivity index (χ2n) is 4.07. The lowest BCUT2D eigenvalue weighted by Gasteiger charge is -2.08. The Balaban J connectivity index is 2.07. The first-order chi connectivity index (χ1) is 9.05. The number of benzene rings is 2. The molecule has 3 rings (SSSR count). The lowest BCUT2D eigenvalue weighted by atomic mass is 10.2. The standard InChI is InChI=1S/C14H8F3N2/c15-14(16,17)10-5-7-11(8-6-10)19-9-18-12-3-1-2-4-13(12)19/h2-9H. The van der Waals surface area contributed by atoms with E-state index in [0.29, 0.717) is 5.69 Å².